The molecular weight excluding hydrogens is 322 g/mol. The van der Waals surface area contributed by atoms with Gasteiger partial charge in [-0.15, -0.1) is 0 Å². The van der Waals surface area contributed by atoms with Crippen LogP contribution in [0.15, 0.2) is 0 Å². The van der Waals surface area contributed by atoms with Crippen molar-refractivity contribution in [3.05, 3.63) is 40.5 Å². The third-order valence-corrected chi connectivity index (χ3v) is 2.39. The Hall–Kier alpha value is -2.62. The number of nitro groups is 4. The summed E-state index contributed by atoms with van der Waals surface area (Å²) in [5.74, 6) is -8.15. The highest BCUT2D eigenvalue weighted by Crippen LogP contribution is 2.13. The van der Waals surface area contributed by atoms with E-state index < -0.39 is 50.8 Å². The number of nitrogens with zero attached hydrogens (tertiary/aromatic N) is 4. The molecule has 0 amide bonds. The SMILES string of the molecule is CC(NCC(F)([N+](=O)[O-])[N+](=O)[O-])NCC(F)([N+](=O)[O-])[N+](=O)[O-]. The zero-order chi connectivity index (χ0) is 17.7. The van der Waals surface area contributed by atoms with E-state index in [0.29, 0.717) is 0 Å². The molecule has 0 saturated carbocycles. The zero-order valence-corrected chi connectivity index (χ0v) is 10.8. The molecule has 0 atom stereocenters. The Morgan fingerprint density at radius 2 is 1.05 bits per heavy atom. The molecule has 0 unspecified atom stereocenters. The van der Waals surface area contributed by atoms with Gasteiger partial charge in [-0.05, 0) is 6.92 Å². The summed E-state index contributed by atoms with van der Waals surface area (Å²) in [6.07, 6.45) is -1.34. The normalized spacial score (nSPS) is 12.2. The van der Waals surface area contributed by atoms with Crippen molar-refractivity contribution in [2.24, 2.45) is 0 Å². The average molecular weight is 332 g/mol. The van der Waals surface area contributed by atoms with Crippen molar-refractivity contribution in [2.45, 2.75) is 24.9 Å². The maximum Gasteiger partial charge on any atom is 0.626 e. The monoisotopic (exact) mass is 332 g/mol. The number of rotatable bonds is 10. The van der Waals surface area contributed by atoms with Crippen molar-refractivity contribution in [1.82, 2.24) is 10.6 Å². The molecule has 0 spiro atoms. The molecular formula is C6H10F2N6O8. The smallest absolute Gasteiger partial charge is 0.286 e. The minimum Gasteiger partial charge on any atom is -0.286 e. The molecule has 0 aromatic rings. The fraction of sp³-hybridized carbons (Fsp3) is 1.00. The van der Waals surface area contributed by atoms with Gasteiger partial charge >= 0.3 is 11.8 Å². The van der Waals surface area contributed by atoms with Crippen molar-refractivity contribution in [1.29, 1.82) is 0 Å². The van der Waals surface area contributed by atoms with Crippen LogP contribution in [0.4, 0.5) is 8.78 Å². The van der Waals surface area contributed by atoms with Crippen molar-refractivity contribution in [3.8, 4) is 0 Å². The van der Waals surface area contributed by atoms with Crippen LogP contribution < -0.4 is 10.6 Å². The maximum absolute atomic E-state index is 13.3. The van der Waals surface area contributed by atoms with Gasteiger partial charge in [-0.1, -0.05) is 8.78 Å². The molecule has 2 N–H and O–H groups in total. The summed E-state index contributed by atoms with van der Waals surface area (Å²) in [6, 6.07) is 0. The molecule has 126 valence electrons. The fourth-order valence-corrected chi connectivity index (χ4v) is 1.03. The minimum atomic E-state index is -4.07. The first-order valence-electron chi connectivity index (χ1n) is 5.30. The first-order valence-corrected chi connectivity index (χ1v) is 5.30. The fourth-order valence-electron chi connectivity index (χ4n) is 1.03. The van der Waals surface area contributed by atoms with Gasteiger partial charge in [-0.2, -0.15) is 0 Å². The molecule has 0 radical (unpaired) electrons. The second-order valence-electron chi connectivity index (χ2n) is 3.95. The molecule has 22 heavy (non-hydrogen) atoms. The van der Waals surface area contributed by atoms with Gasteiger partial charge in [0.25, 0.3) is 0 Å². The predicted molar refractivity (Wildman–Crippen MR) is 61.1 cm³/mol. The maximum atomic E-state index is 13.3. The van der Waals surface area contributed by atoms with Gasteiger partial charge in [-0.3, -0.25) is 51.1 Å². The van der Waals surface area contributed by atoms with E-state index in [1.54, 1.807) is 0 Å². The third-order valence-electron chi connectivity index (χ3n) is 2.39. The molecule has 0 saturated heterocycles. The van der Waals surface area contributed by atoms with Crippen molar-refractivity contribution in [3.63, 3.8) is 0 Å². The average Bonchev–Trinajstić information content (AvgIpc) is 2.40. The van der Waals surface area contributed by atoms with E-state index in [1.807, 2.05) is 10.6 Å². The molecule has 0 aromatic carbocycles. The van der Waals surface area contributed by atoms with Crippen LogP contribution in [0.3, 0.4) is 0 Å². The lowest BCUT2D eigenvalue weighted by atomic mass is 10.4. The molecule has 0 aromatic heterocycles. The quantitative estimate of drug-likeness (QED) is 0.213. The van der Waals surface area contributed by atoms with Gasteiger partial charge in [-0.25, -0.2) is 0 Å². The summed E-state index contributed by atoms with van der Waals surface area (Å²) >= 11 is 0. The minimum absolute atomic E-state index is 1.03. The summed E-state index contributed by atoms with van der Waals surface area (Å²) in [4.78, 5) is 33.8. The summed E-state index contributed by atoms with van der Waals surface area (Å²) < 4.78 is 26.7. The van der Waals surface area contributed by atoms with Gasteiger partial charge in [0.2, 0.25) is 0 Å². The highest BCUT2D eigenvalue weighted by Gasteiger charge is 2.59. The first-order chi connectivity index (χ1) is 9.87. The van der Waals surface area contributed by atoms with Crippen LogP contribution in [0.2, 0.25) is 0 Å². The molecule has 16 heteroatoms. The predicted octanol–water partition coefficient (Wildman–Crippen LogP) is -1.13. The van der Waals surface area contributed by atoms with Crippen molar-refractivity contribution >= 4 is 0 Å². The van der Waals surface area contributed by atoms with E-state index in [0.717, 1.165) is 6.92 Å². The number of hydrogen-bond donors (Lipinski definition) is 2. The van der Waals surface area contributed by atoms with E-state index in [2.05, 4.69) is 0 Å². The highest BCUT2D eigenvalue weighted by atomic mass is 19.2. The zero-order valence-electron chi connectivity index (χ0n) is 10.8. The lowest BCUT2D eigenvalue weighted by molar-refractivity contribution is -0.828. The Balaban J connectivity index is 4.68. The second kappa shape index (κ2) is 6.89. The van der Waals surface area contributed by atoms with Gasteiger partial charge in [0, 0.05) is 0 Å². The van der Waals surface area contributed by atoms with Gasteiger partial charge in [0.1, 0.15) is 19.7 Å². The van der Waals surface area contributed by atoms with Gasteiger partial charge < -0.3 is 0 Å². The van der Waals surface area contributed by atoms with E-state index in [1.165, 1.54) is 0 Å². The molecule has 0 aliphatic carbocycles. The summed E-state index contributed by atoms with van der Waals surface area (Å²) in [5.41, 5.74) is 0. The van der Waals surface area contributed by atoms with Gasteiger partial charge in [0.05, 0.1) is 6.17 Å². The van der Waals surface area contributed by atoms with E-state index >= 15 is 0 Å². The van der Waals surface area contributed by atoms with Crippen molar-refractivity contribution < 1.29 is 28.5 Å². The van der Waals surface area contributed by atoms with Crippen LogP contribution >= 0.6 is 0 Å². The number of halogens is 2. The van der Waals surface area contributed by atoms with Crippen LogP contribution in [0.5, 0.6) is 0 Å². The van der Waals surface area contributed by atoms with Crippen LogP contribution in [-0.4, -0.2) is 50.8 Å². The topological polar surface area (TPSA) is 197 Å². The number of alkyl halides is 2. The standard InChI is InChI=1S/C6H10F2N6O8/c1-4(9-2-5(7,11(15)16)12(17)18)10-3-6(8,13(19)20)14(21)22/h4,9-10H,2-3H2,1H3. The number of nitrogens with one attached hydrogen (secondary N) is 2. The second-order valence-corrected chi connectivity index (χ2v) is 3.95. The van der Waals surface area contributed by atoms with Crippen LogP contribution in [0.25, 0.3) is 0 Å². The third kappa shape index (κ3) is 4.19. The molecule has 0 rings (SSSR count). The largest absolute Gasteiger partial charge is 0.626 e. The lowest BCUT2D eigenvalue weighted by Gasteiger charge is -2.17. The first kappa shape index (κ1) is 19.4. The Bertz CT molecular complexity index is 418. The van der Waals surface area contributed by atoms with Crippen LogP contribution in [0, 0.1) is 40.5 Å². The Morgan fingerprint density at radius 1 is 0.818 bits per heavy atom. The van der Waals surface area contributed by atoms with E-state index in [4.69, 9.17) is 0 Å². The number of hydrogen-bond acceptors (Lipinski definition) is 10. The Labute approximate surface area is 119 Å². The Kier molecular flexibility index (Phi) is 6.07. The summed E-state index contributed by atoms with van der Waals surface area (Å²) in [7, 11) is 0. The van der Waals surface area contributed by atoms with Crippen molar-refractivity contribution in [2.75, 3.05) is 13.1 Å². The molecule has 0 fully saturated rings. The van der Waals surface area contributed by atoms with Crippen LogP contribution in [0.1, 0.15) is 6.92 Å². The van der Waals surface area contributed by atoms with E-state index in [-0.39, 0.29) is 0 Å². The molecule has 0 bridgehead atoms. The lowest BCUT2D eigenvalue weighted by Crippen LogP contribution is -2.57. The molecule has 0 aliphatic heterocycles. The van der Waals surface area contributed by atoms with Gasteiger partial charge in [0.15, 0.2) is 13.1 Å². The Morgan fingerprint density at radius 3 is 1.23 bits per heavy atom. The molecule has 14 nitrogen and oxygen atoms in total. The van der Waals surface area contributed by atoms with E-state index in [9.17, 15) is 49.2 Å². The molecule has 0 heterocycles. The summed E-state index contributed by atoms with van der Waals surface area (Å²) in [5, 5.41) is 44.8. The highest BCUT2D eigenvalue weighted by molar-refractivity contribution is 4.66. The molecule has 0 aliphatic rings. The van der Waals surface area contributed by atoms with Crippen LogP contribution in [-0.2, 0) is 0 Å². The summed E-state index contributed by atoms with van der Waals surface area (Å²) in [6.45, 7) is -1.89.